The molecule has 2 aliphatic heterocycles. The summed E-state index contributed by atoms with van der Waals surface area (Å²) in [7, 11) is 0. The maximum Gasteiger partial charge on any atom is 0.222 e. The molecule has 0 saturated carbocycles. The van der Waals surface area contributed by atoms with E-state index in [0.717, 1.165) is 45.4 Å². The smallest absolute Gasteiger partial charge is 0.222 e. The second kappa shape index (κ2) is 7.07. The summed E-state index contributed by atoms with van der Waals surface area (Å²) in [6, 6.07) is 0.238. The minimum absolute atomic E-state index is 0.0320. The van der Waals surface area contributed by atoms with Gasteiger partial charge in [0.15, 0.2) is 0 Å². The number of piperidine rings is 1. The van der Waals surface area contributed by atoms with Crippen molar-refractivity contribution in [2.75, 3.05) is 26.2 Å². The first kappa shape index (κ1) is 15.3. The lowest BCUT2D eigenvalue weighted by Gasteiger charge is -2.33. The maximum atomic E-state index is 12.2. The second-order valence-corrected chi connectivity index (χ2v) is 6.38. The third-order valence-electron chi connectivity index (χ3n) is 4.34. The molecule has 20 heavy (non-hydrogen) atoms. The zero-order chi connectivity index (χ0) is 14.5. The molecule has 0 bridgehead atoms. The molecule has 2 rings (SSSR count). The molecule has 1 unspecified atom stereocenters. The quantitative estimate of drug-likeness (QED) is 0.799. The van der Waals surface area contributed by atoms with Crippen molar-refractivity contribution in [1.29, 1.82) is 0 Å². The Bertz CT molecular complexity index is 343. The van der Waals surface area contributed by atoms with Gasteiger partial charge in [0.25, 0.3) is 0 Å². The number of nitrogens with one attached hydrogen (secondary N) is 2. The average molecular weight is 281 g/mol. The zero-order valence-corrected chi connectivity index (χ0v) is 12.7. The molecular weight excluding hydrogens is 254 g/mol. The van der Waals surface area contributed by atoms with Crippen molar-refractivity contribution in [3.8, 4) is 0 Å². The van der Waals surface area contributed by atoms with Crippen LogP contribution in [0.2, 0.25) is 0 Å². The monoisotopic (exact) mass is 281 g/mol. The number of amides is 2. The largest absolute Gasteiger partial charge is 0.353 e. The molecule has 0 radical (unpaired) electrons. The highest BCUT2D eigenvalue weighted by molar-refractivity contribution is 5.78. The van der Waals surface area contributed by atoms with Crippen LogP contribution in [0, 0.1) is 11.8 Å². The van der Waals surface area contributed by atoms with E-state index in [1.165, 1.54) is 0 Å². The molecule has 5 heteroatoms. The number of carbonyl (C=O) groups is 2. The van der Waals surface area contributed by atoms with Crippen LogP contribution in [0.3, 0.4) is 0 Å². The summed E-state index contributed by atoms with van der Waals surface area (Å²) >= 11 is 0. The predicted octanol–water partition coefficient (Wildman–Crippen LogP) is 0.749. The molecule has 2 saturated heterocycles. The highest BCUT2D eigenvalue weighted by atomic mass is 16.2. The Morgan fingerprint density at radius 3 is 2.50 bits per heavy atom. The van der Waals surface area contributed by atoms with E-state index < -0.39 is 0 Å². The van der Waals surface area contributed by atoms with Crippen LogP contribution in [0.25, 0.3) is 0 Å². The lowest BCUT2D eigenvalue weighted by atomic mass is 10.0. The van der Waals surface area contributed by atoms with E-state index in [9.17, 15) is 9.59 Å². The topological polar surface area (TPSA) is 61.4 Å². The Morgan fingerprint density at radius 2 is 1.95 bits per heavy atom. The number of nitrogens with zero attached hydrogens (tertiary/aromatic N) is 1. The first-order valence-corrected chi connectivity index (χ1v) is 7.85. The summed E-state index contributed by atoms with van der Waals surface area (Å²) in [4.78, 5) is 25.8. The highest BCUT2D eigenvalue weighted by Crippen LogP contribution is 2.17. The number of hydrogen-bond acceptors (Lipinski definition) is 3. The fourth-order valence-electron chi connectivity index (χ4n) is 2.91. The molecule has 0 aromatic heterocycles. The number of likely N-dealkylation sites (tertiary alicyclic amines) is 1. The van der Waals surface area contributed by atoms with Gasteiger partial charge in [0, 0.05) is 31.5 Å². The van der Waals surface area contributed by atoms with E-state index in [-0.39, 0.29) is 23.8 Å². The van der Waals surface area contributed by atoms with Crippen LogP contribution in [-0.4, -0.2) is 48.9 Å². The van der Waals surface area contributed by atoms with Gasteiger partial charge < -0.3 is 15.5 Å². The summed E-state index contributed by atoms with van der Waals surface area (Å²) in [5.41, 5.74) is 0. The molecule has 0 aliphatic carbocycles. The molecule has 0 aromatic carbocycles. The SMILES string of the molecule is CC(C)C(=O)NC1CCN(C(=O)CC2CCNC2)CC1. The minimum atomic E-state index is 0.0320. The van der Waals surface area contributed by atoms with Crippen LogP contribution >= 0.6 is 0 Å². The zero-order valence-electron chi connectivity index (χ0n) is 12.7. The van der Waals surface area contributed by atoms with Gasteiger partial charge in [-0.3, -0.25) is 9.59 Å². The van der Waals surface area contributed by atoms with Gasteiger partial charge >= 0.3 is 0 Å². The van der Waals surface area contributed by atoms with Gasteiger partial charge in [-0.25, -0.2) is 0 Å². The third kappa shape index (κ3) is 4.20. The summed E-state index contributed by atoms with van der Waals surface area (Å²) in [6.45, 7) is 7.39. The molecule has 5 nitrogen and oxygen atoms in total. The molecule has 2 aliphatic rings. The fraction of sp³-hybridized carbons (Fsp3) is 0.867. The van der Waals surface area contributed by atoms with Crippen molar-refractivity contribution in [3.63, 3.8) is 0 Å². The van der Waals surface area contributed by atoms with Crippen molar-refractivity contribution in [2.45, 2.75) is 45.6 Å². The van der Waals surface area contributed by atoms with Crippen LogP contribution in [0.1, 0.15) is 39.5 Å². The summed E-state index contributed by atoms with van der Waals surface area (Å²) in [6.07, 6.45) is 3.56. The number of carbonyl (C=O) groups excluding carboxylic acids is 2. The van der Waals surface area contributed by atoms with Gasteiger partial charge in [-0.1, -0.05) is 13.8 Å². The molecule has 0 aromatic rings. The van der Waals surface area contributed by atoms with Crippen molar-refractivity contribution >= 4 is 11.8 Å². The molecule has 1 atom stereocenters. The molecule has 114 valence electrons. The van der Waals surface area contributed by atoms with Gasteiger partial charge in [-0.15, -0.1) is 0 Å². The lowest BCUT2D eigenvalue weighted by molar-refractivity contribution is -0.133. The van der Waals surface area contributed by atoms with Gasteiger partial charge in [0.2, 0.25) is 11.8 Å². The average Bonchev–Trinajstić information content (AvgIpc) is 2.92. The van der Waals surface area contributed by atoms with Crippen LogP contribution in [-0.2, 0) is 9.59 Å². The minimum Gasteiger partial charge on any atom is -0.353 e. The number of hydrogen-bond donors (Lipinski definition) is 2. The van der Waals surface area contributed by atoms with E-state index in [4.69, 9.17) is 0 Å². The molecule has 2 heterocycles. The van der Waals surface area contributed by atoms with Crippen molar-refractivity contribution in [3.05, 3.63) is 0 Å². The van der Waals surface area contributed by atoms with Crippen LogP contribution in [0.5, 0.6) is 0 Å². The summed E-state index contributed by atoms with van der Waals surface area (Å²) in [5, 5.41) is 6.37. The van der Waals surface area contributed by atoms with Gasteiger partial charge in [0.05, 0.1) is 0 Å². The van der Waals surface area contributed by atoms with Gasteiger partial charge in [-0.05, 0) is 38.3 Å². The standard InChI is InChI=1S/C15H27N3O2/c1-11(2)15(20)17-13-4-7-18(8-5-13)14(19)9-12-3-6-16-10-12/h11-13,16H,3-10H2,1-2H3,(H,17,20). The van der Waals surface area contributed by atoms with Gasteiger partial charge in [0.1, 0.15) is 0 Å². The molecule has 0 spiro atoms. The van der Waals surface area contributed by atoms with Crippen molar-refractivity contribution in [1.82, 2.24) is 15.5 Å². The molecule has 2 amide bonds. The Balaban J connectivity index is 1.70. The van der Waals surface area contributed by atoms with E-state index in [2.05, 4.69) is 10.6 Å². The Kier molecular flexibility index (Phi) is 5.40. The Morgan fingerprint density at radius 1 is 1.25 bits per heavy atom. The van der Waals surface area contributed by atoms with Crippen molar-refractivity contribution in [2.24, 2.45) is 11.8 Å². The number of rotatable bonds is 4. The van der Waals surface area contributed by atoms with E-state index >= 15 is 0 Å². The van der Waals surface area contributed by atoms with E-state index in [0.29, 0.717) is 12.3 Å². The first-order valence-electron chi connectivity index (χ1n) is 7.85. The summed E-state index contributed by atoms with van der Waals surface area (Å²) in [5.74, 6) is 0.949. The Labute approximate surface area is 121 Å². The molecule has 2 N–H and O–H groups in total. The Hall–Kier alpha value is -1.10. The highest BCUT2D eigenvalue weighted by Gasteiger charge is 2.26. The third-order valence-corrected chi connectivity index (χ3v) is 4.34. The van der Waals surface area contributed by atoms with Crippen LogP contribution < -0.4 is 10.6 Å². The van der Waals surface area contributed by atoms with Gasteiger partial charge in [-0.2, -0.15) is 0 Å². The summed E-state index contributed by atoms with van der Waals surface area (Å²) < 4.78 is 0. The van der Waals surface area contributed by atoms with Crippen LogP contribution in [0.4, 0.5) is 0 Å². The van der Waals surface area contributed by atoms with E-state index in [1.54, 1.807) is 0 Å². The normalized spacial score (nSPS) is 24.1. The molecule has 2 fully saturated rings. The fourth-order valence-corrected chi connectivity index (χ4v) is 2.91. The van der Waals surface area contributed by atoms with Crippen LogP contribution in [0.15, 0.2) is 0 Å². The van der Waals surface area contributed by atoms with Crippen molar-refractivity contribution < 1.29 is 9.59 Å². The second-order valence-electron chi connectivity index (χ2n) is 6.38. The first-order chi connectivity index (χ1) is 9.56. The van der Waals surface area contributed by atoms with E-state index in [1.807, 2.05) is 18.7 Å². The maximum absolute atomic E-state index is 12.2. The predicted molar refractivity (Wildman–Crippen MR) is 78.2 cm³/mol. The molecular formula is C15H27N3O2. The lowest BCUT2D eigenvalue weighted by Crippen LogP contribution is -2.47.